The molecule has 0 aliphatic heterocycles. The van der Waals surface area contributed by atoms with Gasteiger partial charge in [0.1, 0.15) is 5.82 Å². The van der Waals surface area contributed by atoms with E-state index < -0.39 is 0 Å². The summed E-state index contributed by atoms with van der Waals surface area (Å²) in [5.74, 6) is 5.87. The van der Waals surface area contributed by atoms with Crippen LogP contribution in [-0.2, 0) is 0 Å². The highest BCUT2D eigenvalue weighted by Crippen LogP contribution is 2.07. The highest BCUT2D eigenvalue weighted by atomic mass is 19.1. The van der Waals surface area contributed by atoms with E-state index in [9.17, 15) is 4.39 Å². The SMILES string of the molecule is CCCC=Cc1ccc(C#Cc2ccc(F)cc2)cc1. The molecule has 0 nitrogen and oxygen atoms in total. The number of rotatable bonds is 3. The molecule has 0 amide bonds. The van der Waals surface area contributed by atoms with Crippen molar-refractivity contribution in [2.75, 3.05) is 0 Å². The Labute approximate surface area is 120 Å². The molecule has 0 spiro atoms. The molecule has 0 saturated heterocycles. The summed E-state index contributed by atoms with van der Waals surface area (Å²) in [4.78, 5) is 0. The second-order valence-electron chi connectivity index (χ2n) is 4.57. The second-order valence-corrected chi connectivity index (χ2v) is 4.57. The molecule has 0 unspecified atom stereocenters. The van der Waals surface area contributed by atoms with Crippen molar-refractivity contribution in [1.29, 1.82) is 0 Å². The molecule has 1 heteroatoms. The molecule has 0 saturated carbocycles. The Bertz CT molecular complexity index is 622. The van der Waals surface area contributed by atoms with Gasteiger partial charge in [-0.15, -0.1) is 0 Å². The van der Waals surface area contributed by atoms with E-state index in [4.69, 9.17) is 0 Å². The molecule has 2 rings (SSSR count). The van der Waals surface area contributed by atoms with Gasteiger partial charge in [-0.3, -0.25) is 0 Å². The Morgan fingerprint density at radius 3 is 2.00 bits per heavy atom. The molecule has 100 valence electrons. The first-order chi connectivity index (χ1) is 9.78. The molecular weight excluding hydrogens is 247 g/mol. The predicted octanol–water partition coefficient (Wildman–Crippen LogP) is 5.04. The minimum Gasteiger partial charge on any atom is -0.207 e. The minimum atomic E-state index is -0.237. The fourth-order valence-corrected chi connectivity index (χ4v) is 1.74. The van der Waals surface area contributed by atoms with Crippen molar-refractivity contribution in [3.63, 3.8) is 0 Å². The molecule has 0 fully saturated rings. The summed E-state index contributed by atoms with van der Waals surface area (Å²) >= 11 is 0. The Balaban J connectivity index is 2.06. The maximum absolute atomic E-state index is 12.8. The first-order valence-corrected chi connectivity index (χ1v) is 6.82. The van der Waals surface area contributed by atoms with Crippen molar-refractivity contribution in [3.8, 4) is 11.8 Å². The average Bonchev–Trinajstić information content (AvgIpc) is 2.48. The van der Waals surface area contributed by atoms with Crippen LogP contribution in [0.5, 0.6) is 0 Å². The van der Waals surface area contributed by atoms with Crippen LogP contribution in [0.4, 0.5) is 4.39 Å². The highest BCUT2D eigenvalue weighted by molar-refractivity contribution is 5.52. The molecule has 2 aromatic carbocycles. The Morgan fingerprint density at radius 1 is 0.900 bits per heavy atom. The molecule has 0 atom stereocenters. The van der Waals surface area contributed by atoms with Gasteiger partial charge in [-0.1, -0.05) is 49.5 Å². The third-order valence-electron chi connectivity index (χ3n) is 2.87. The van der Waals surface area contributed by atoms with Gasteiger partial charge in [0.15, 0.2) is 0 Å². The molecule has 2 aromatic rings. The largest absolute Gasteiger partial charge is 0.207 e. The Hall–Kier alpha value is -2.33. The summed E-state index contributed by atoms with van der Waals surface area (Å²) in [5.41, 5.74) is 2.96. The normalized spacial score (nSPS) is 10.3. The van der Waals surface area contributed by atoms with E-state index in [0.29, 0.717) is 0 Å². The second kappa shape index (κ2) is 7.31. The van der Waals surface area contributed by atoms with E-state index in [0.717, 1.165) is 24.0 Å². The van der Waals surface area contributed by atoms with E-state index in [1.54, 1.807) is 12.1 Å². The highest BCUT2D eigenvalue weighted by Gasteiger charge is 1.90. The van der Waals surface area contributed by atoms with Gasteiger partial charge in [0.05, 0.1) is 0 Å². The molecule has 20 heavy (non-hydrogen) atoms. The summed E-state index contributed by atoms with van der Waals surface area (Å²) in [6.45, 7) is 2.17. The maximum Gasteiger partial charge on any atom is 0.123 e. The van der Waals surface area contributed by atoms with Gasteiger partial charge in [-0.05, 0) is 48.4 Å². The molecule has 0 aromatic heterocycles. The van der Waals surface area contributed by atoms with E-state index in [1.807, 2.05) is 12.1 Å². The van der Waals surface area contributed by atoms with Crippen LogP contribution in [-0.4, -0.2) is 0 Å². The molecule has 0 radical (unpaired) electrons. The third-order valence-corrected chi connectivity index (χ3v) is 2.87. The van der Waals surface area contributed by atoms with Gasteiger partial charge in [-0.25, -0.2) is 4.39 Å². The van der Waals surface area contributed by atoms with Gasteiger partial charge < -0.3 is 0 Å². The quantitative estimate of drug-likeness (QED) is 0.681. The van der Waals surface area contributed by atoms with Crippen LogP contribution < -0.4 is 0 Å². The lowest BCUT2D eigenvalue weighted by atomic mass is 10.1. The third kappa shape index (κ3) is 4.40. The standard InChI is InChI=1S/C19H17F/c1-2-3-4-5-16-6-8-17(9-7-16)10-11-18-12-14-19(20)15-13-18/h4-9,12-15H,2-3H2,1H3. The summed E-state index contributed by atoms with van der Waals surface area (Å²) < 4.78 is 12.8. The van der Waals surface area contributed by atoms with Gasteiger partial charge in [-0.2, -0.15) is 0 Å². The van der Waals surface area contributed by atoms with Crippen molar-refractivity contribution in [2.45, 2.75) is 19.8 Å². The lowest BCUT2D eigenvalue weighted by molar-refractivity contribution is 0.627. The van der Waals surface area contributed by atoms with E-state index in [-0.39, 0.29) is 5.82 Å². The fourth-order valence-electron chi connectivity index (χ4n) is 1.74. The predicted molar refractivity (Wildman–Crippen MR) is 82.8 cm³/mol. The van der Waals surface area contributed by atoms with E-state index in [2.05, 4.69) is 43.0 Å². The molecular formula is C19H17F. The average molecular weight is 264 g/mol. The van der Waals surface area contributed by atoms with Crippen LogP contribution in [0, 0.1) is 17.7 Å². The monoisotopic (exact) mass is 264 g/mol. The van der Waals surface area contributed by atoms with Gasteiger partial charge in [0.25, 0.3) is 0 Å². The number of hydrogen-bond acceptors (Lipinski definition) is 0. The van der Waals surface area contributed by atoms with Crippen molar-refractivity contribution in [3.05, 3.63) is 77.1 Å². The Kier molecular flexibility index (Phi) is 5.15. The Morgan fingerprint density at radius 2 is 1.45 bits per heavy atom. The van der Waals surface area contributed by atoms with E-state index >= 15 is 0 Å². The zero-order valence-electron chi connectivity index (χ0n) is 11.6. The van der Waals surface area contributed by atoms with Gasteiger partial charge in [0, 0.05) is 11.1 Å². The molecule has 0 heterocycles. The molecule has 0 N–H and O–H groups in total. The zero-order valence-corrected chi connectivity index (χ0v) is 11.6. The zero-order chi connectivity index (χ0) is 14.2. The number of benzene rings is 2. The molecule has 0 aliphatic carbocycles. The fraction of sp³-hybridized carbons (Fsp3) is 0.158. The van der Waals surface area contributed by atoms with Crippen molar-refractivity contribution in [2.24, 2.45) is 0 Å². The van der Waals surface area contributed by atoms with Crippen LogP contribution in [0.25, 0.3) is 6.08 Å². The van der Waals surface area contributed by atoms with Gasteiger partial charge >= 0.3 is 0 Å². The summed E-state index contributed by atoms with van der Waals surface area (Å²) in [7, 11) is 0. The van der Waals surface area contributed by atoms with Crippen LogP contribution in [0.1, 0.15) is 36.5 Å². The van der Waals surface area contributed by atoms with Crippen LogP contribution in [0.2, 0.25) is 0 Å². The van der Waals surface area contributed by atoms with Crippen molar-refractivity contribution < 1.29 is 4.39 Å². The van der Waals surface area contributed by atoms with Crippen LogP contribution >= 0.6 is 0 Å². The number of halogens is 1. The summed E-state index contributed by atoms with van der Waals surface area (Å²) in [5, 5.41) is 0. The summed E-state index contributed by atoms with van der Waals surface area (Å²) in [6.07, 6.45) is 6.57. The first-order valence-electron chi connectivity index (χ1n) is 6.82. The van der Waals surface area contributed by atoms with Gasteiger partial charge in [0.2, 0.25) is 0 Å². The van der Waals surface area contributed by atoms with Crippen LogP contribution in [0.15, 0.2) is 54.6 Å². The van der Waals surface area contributed by atoms with Crippen molar-refractivity contribution in [1.82, 2.24) is 0 Å². The molecule has 0 aliphatic rings. The number of unbranched alkanes of at least 4 members (excludes halogenated alkanes) is 1. The van der Waals surface area contributed by atoms with E-state index in [1.165, 1.54) is 17.7 Å². The molecule has 0 bridgehead atoms. The van der Waals surface area contributed by atoms with Crippen molar-refractivity contribution >= 4 is 6.08 Å². The minimum absolute atomic E-state index is 0.237. The lowest BCUT2D eigenvalue weighted by Gasteiger charge is -1.94. The maximum atomic E-state index is 12.8. The topological polar surface area (TPSA) is 0 Å². The smallest absolute Gasteiger partial charge is 0.123 e. The number of hydrogen-bond donors (Lipinski definition) is 0. The van der Waals surface area contributed by atoms with Crippen LogP contribution in [0.3, 0.4) is 0 Å². The first kappa shape index (κ1) is 14.1. The summed E-state index contributed by atoms with van der Waals surface area (Å²) in [6, 6.07) is 14.3. The number of allylic oxidation sites excluding steroid dienone is 1. The lowest BCUT2D eigenvalue weighted by Crippen LogP contribution is -1.78.